The third-order valence-electron chi connectivity index (χ3n) is 7.16. The summed E-state index contributed by atoms with van der Waals surface area (Å²) in [7, 11) is -0.855. The zero-order valence-electron chi connectivity index (χ0n) is 23.0. The van der Waals surface area contributed by atoms with Crippen LogP contribution in [0.15, 0.2) is 23.8 Å². The van der Waals surface area contributed by atoms with Crippen molar-refractivity contribution in [3.8, 4) is 0 Å². The minimum absolute atomic E-state index is 0.00218. The van der Waals surface area contributed by atoms with Crippen molar-refractivity contribution in [1.29, 1.82) is 0 Å². The molecule has 0 spiro atoms. The van der Waals surface area contributed by atoms with E-state index < -0.39 is 76.8 Å². The standard InChI is InChI=1S/C21H25FN10O10P2S2/c22-9-13(41-43-35)8(39-19(9)31-4-27-10-15(23)25-3-26-16(10)31)2-38-44(36,46)42-14-7(1-37-6-45)40-20(12(14)33)32-5-28-11-17(32)29-21(24)30-18(11)34/h3-5,7-9,12-14,19-20,33,45H,1-2,6H2,(H,36,46)(H2,23,25,26)(H3,24,29,30,34)/t7-,8-,9-,12-,13-,14-,19-,20-,44-/m1/s1. The highest BCUT2D eigenvalue weighted by molar-refractivity contribution is 8.44. The summed E-state index contributed by atoms with van der Waals surface area (Å²) in [6.45, 7) is -5.19. The van der Waals surface area contributed by atoms with Crippen LogP contribution in [-0.4, -0.2) is 100.0 Å². The fourth-order valence-corrected chi connectivity index (χ4v) is 7.10. The average molecular weight is 723 g/mol. The van der Waals surface area contributed by atoms with Crippen molar-refractivity contribution in [3.63, 3.8) is 0 Å². The number of nitrogens with one attached hydrogen (secondary N) is 1. The van der Waals surface area contributed by atoms with Crippen molar-refractivity contribution in [1.82, 2.24) is 39.0 Å². The van der Waals surface area contributed by atoms with Gasteiger partial charge in [-0.15, -0.1) is 0 Å². The second-order valence-corrected chi connectivity index (χ2v) is 13.4. The van der Waals surface area contributed by atoms with Gasteiger partial charge in [-0.3, -0.25) is 32.5 Å². The number of aromatic amines is 1. The highest BCUT2D eigenvalue weighted by Crippen LogP contribution is 2.57. The minimum Gasteiger partial charge on any atom is -0.386 e. The molecule has 6 heterocycles. The number of hydrogen-bond acceptors (Lipinski definition) is 18. The molecule has 4 aromatic rings. The molecule has 46 heavy (non-hydrogen) atoms. The Kier molecular flexibility index (Phi) is 9.61. The number of H-pyrrole nitrogens is 1. The molecule has 0 amide bonds. The van der Waals surface area contributed by atoms with Crippen molar-refractivity contribution in [2.45, 2.75) is 49.1 Å². The maximum Gasteiger partial charge on any atom is 0.386 e. The molecule has 0 aromatic carbocycles. The van der Waals surface area contributed by atoms with Crippen LogP contribution in [0.4, 0.5) is 16.2 Å². The third kappa shape index (κ3) is 6.24. The Balaban J connectivity index is 1.19. The summed E-state index contributed by atoms with van der Waals surface area (Å²) in [5.74, 6) is -0.170. The molecule has 2 fully saturated rings. The lowest BCUT2D eigenvalue weighted by molar-refractivity contribution is -0.0595. The van der Waals surface area contributed by atoms with Gasteiger partial charge in [0.1, 0.15) is 42.4 Å². The SMILES string of the molecule is Nc1nc2c(ncn2[C@@H]2O[C@H](COCS)[C@@H](O[P@](=O)(S)OC[C@H]3O[C@@H](n4cnc5c(N)ncnc54)[C@H](F)[C@@H]3OP=O)[C@H]2O)c(=O)[nH]1. The number of aliphatic hydroxyl groups excluding tert-OH is 1. The van der Waals surface area contributed by atoms with Gasteiger partial charge in [0, 0.05) is 0 Å². The Morgan fingerprint density at radius 2 is 1.76 bits per heavy atom. The van der Waals surface area contributed by atoms with Crippen LogP contribution < -0.4 is 17.0 Å². The van der Waals surface area contributed by atoms with Crippen LogP contribution in [-0.2, 0) is 36.9 Å². The molecular formula is C21H25FN10O10P2S2. The van der Waals surface area contributed by atoms with Gasteiger partial charge in [0.05, 0.1) is 31.8 Å². The van der Waals surface area contributed by atoms with Crippen LogP contribution in [0, 0.1) is 0 Å². The first kappa shape index (κ1) is 33.1. The molecule has 9 atom stereocenters. The Labute approximate surface area is 268 Å². The monoisotopic (exact) mass is 722 g/mol. The van der Waals surface area contributed by atoms with E-state index in [9.17, 15) is 19.0 Å². The van der Waals surface area contributed by atoms with Crippen LogP contribution >= 0.6 is 40.4 Å². The van der Waals surface area contributed by atoms with E-state index >= 15 is 4.39 Å². The topological polar surface area (TPSA) is 269 Å². The molecule has 0 saturated carbocycles. The summed E-state index contributed by atoms with van der Waals surface area (Å²) >= 11 is 8.04. The number of fused-ring (bicyclic) bond motifs is 2. The Morgan fingerprint density at radius 1 is 1.07 bits per heavy atom. The number of nitrogens with zero attached hydrogens (tertiary/aromatic N) is 7. The van der Waals surface area contributed by atoms with E-state index in [2.05, 4.69) is 54.8 Å². The van der Waals surface area contributed by atoms with Crippen LogP contribution in [0.3, 0.4) is 0 Å². The molecule has 6 N–H and O–H groups in total. The van der Waals surface area contributed by atoms with Gasteiger partial charge in [-0.05, 0) is 0 Å². The van der Waals surface area contributed by atoms with Crippen molar-refractivity contribution < 1.29 is 46.4 Å². The van der Waals surface area contributed by atoms with E-state index in [1.807, 2.05) is 0 Å². The minimum atomic E-state index is -4.39. The number of halogens is 1. The summed E-state index contributed by atoms with van der Waals surface area (Å²) in [5, 5.41) is 11.2. The molecule has 0 aliphatic carbocycles. The first-order chi connectivity index (χ1) is 22.0. The van der Waals surface area contributed by atoms with Crippen molar-refractivity contribution in [2.75, 3.05) is 30.6 Å². The maximum atomic E-state index is 15.6. The number of imidazole rings is 2. The summed E-state index contributed by atoms with van der Waals surface area (Å²) in [6, 6.07) is 0. The molecular weight excluding hydrogens is 697 g/mol. The second-order valence-electron chi connectivity index (χ2n) is 9.90. The highest BCUT2D eigenvalue weighted by Gasteiger charge is 2.51. The molecule has 0 radical (unpaired) electrons. The number of thiol groups is 2. The van der Waals surface area contributed by atoms with Crippen molar-refractivity contribution >= 4 is 74.5 Å². The number of aromatic nitrogens is 8. The zero-order chi connectivity index (χ0) is 32.7. The van der Waals surface area contributed by atoms with Gasteiger partial charge in [-0.2, -0.15) is 17.6 Å². The van der Waals surface area contributed by atoms with Gasteiger partial charge in [0.2, 0.25) is 5.95 Å². The van der Waals surface area contributed by atoms with Crippen molar-refractivity contribution in [2.24, 2.45) is 0 Å². The smallest absolute Gasteiger partial charge is 0.386 e. The number of rotatable bonds is 12. The van der Waals surface area contributed by atoms with E-state index in [1.54, 1.807) is 0 Å². The number of nitrogens with two attached hydrogens (primary N) is 2. The Hall–Kier alpha value is -2.82. The van der Waals surface area contributed by atoms with Crippen LogP contribution in [0.2, 0.25) is 0 Å². The van der Waals surface area contributed by atoms with E-state index in [1.165, 1.54) is 28.1 Å². The summed E-state index contributed by atoms with van der Waals surface area (Å²) in [5.41, 5.74) is 11.2. The molecule has 4 aromatic heterocycles. The average Bonchev–Trinajstić information content (AvgIpc) is 3.77. The molecule has 2 aliphatic heterocycles. The van der Waals surface area contributed by atoms with Crippen LogP contribution in [0.5, 0.6) is 0 Å². The number of ether oxygens (including phenoxy) is 3. The van der Waals surface area contributed by atoms with Crippen LogP contribution in [0.25, 0.3) is 22.3 Å². The summed E-state index contributed by atoms with van der Waals surface area (Å²) in [4.78, 5) is 34.6. The van der Waals surface area contributed by atoms with E-state index in [0.29, 0.717) is 0 Å². The number of hydrogen-bond donors (Lipinski definition) is 6. The first-order valence-corrected chi connectivity index (χ1v) is 17.2. The van der Waals surface area contributed by atoms with E-state index in [-0.39, 0.29) is 46.6 Å². The van der Waals surface area contributed by atoms with Gasteiger partial charge in [-0.25, -0.2) is 33.5 Å². The summed E-state index contributed by atoms with van der Waals surface area (Å²) in [6.07, 6.45) is -7.69. The lowest BCUT2D eigenvalue weighted by Gasteiger charge is -2.25. The molecule has 248 valence electrons. The molecule has 2 aliphatic rings. The van der Waals surface area contributed by atoms with Gasteiger partial charge < -0.3 is 30.8 Å². The molecule has 2 saturated heterocycles. The molecule has 6 rings (SSSR count). The molecule has 20 nitrogen and oxygen atoms in total. The lowest BCUT2D eigenvalue weighted by atomic mass is 10.1. The quantitative estimate of drug-likeness (QED) is 0.0662. The fourth-order valence-electron chi connectivity index (χ4n) is 5.15. The second kappa shape index (κ2) is 13.4. The Morgan fingerprint density at radius 3 is 2.50 bits per heavy atom. The molecule has 25 heteroatoms. The van der Waals surface area contributed by atoms with Gasteiger partial charge in [0.15, 0.2) is 41.3 Å². The van der Waals surface area contributed by atoms with Gasteiger partial charge in [0.25, 0.3) is 5.56 Å². The van der Waals surface area contributed by atoms with Gasteiger partial charge in [-0.1, -0.05) is 12.2 Å². The maximum absolute atomic E-state index is 15.6. The number of aliphatic hydroxyl groups is 1. The fraction of sp³-hybridized carbons (Fsp3) is 0.524. The summed E-state index contributed by atoms with van der Waals surface area (Å²) < 4.78 is 76.0. The largest absolute Gasteiger partial charge is 0.386 e. The lowest BCUT2D eigenvalue weighted by Crippen LogP contribution is -2.36. The first-order valence-electron chi connectivity index (χ1n) is 13.1. The van der Waals surface area contributed by atoms with E-state index in [4.69, 9.17) is 39.2 Å². The van der Waals surface area contributed by atoms with Crippen LogP contribution in [0.1, 0.15) is 12.5 Å². The predicted octanol–water partition coefficient (Wildman–Crippen LogP) is 0.553. The number of alkyl halides is 1. The van der Waals surface area contributed by atoms with Crippen molar-refractivity contribution in [3.05, 3.63) is 29.3 Å². The third-order valence-corrected chi connectivity index (χ3v) is 9.28. The number of nitrogen functional groups attached to an aromatic ring is 2. The van der Waals surface area contributed by atoms with Gasteiger partial charge >= 0.3 is 15.5 Å². The zero-order valence-corrected chi connectivity index (χ0v) is 26.6. The number of anilines is 2. The predicted molar refractivity (Wildman–Crippen MR) is 161 cm³/mol. The van der Waals surface area contributed by atoms with E-state index in [0.717, 1.165) is 0 Å². The highest BCUT2D eigenvalue weighted by atomic mass is 32.7. The molecule has 0 bridgehead atoms. The normalized spacial score (nSPS) is 29.7. The molecule has 0 unspecified atom stereocenters. The Bertz CT molecular complexity index is 1850.